The van der Waals surface area contributed by atoms with Crippen LogP contribution >= 0.6 is 0 Å². The minimum Gasteiger partial charge on any atom is -0.497 e. The van der Waals surface area contributed by atoms with Crippen molar-refractivity contribution < 1.29 is 13.9 Å². The predicted octanol–water partition coefficient (Wildman–Crippen LogP) is 3.40. The summed E-state index contributed by atoms with van der Waals surface area (Å²) in [7, 11) is 3.21. The average Bonchev–Trinajstić information content (AvgIpc) is 2.91. The number of hydrogen-bond acceptors (Lipinski definition) is 5. The number of rotatable bonds is 3. The lowest BCUT2D eigenvalue weighted by atomic mass is 10.2. The first kappa shape index (κ1) is 13.3. The number of hydrogen-bond donors (Lipinski definition) is 1. The summed E-state index contributed by atoms with van der Waals surface area (Å²) in [5, 5.41) is 0. The maximum absolute atomic E-state index is 5.98. The second kappa shape index (κ2) is 5.01. The normalized spacial score (nSPS) is 10.8. The van der Waals surface area contributed by atoms with Gasteiger partial charge in [0, 0.05) is 11.6 Å². The lowest BCUT2D eigenvalue weighted by Gasteiger charge is -2.05. The highest BCUT2D eigenvalue weighted by atomic mass is 16.5. The summed E-state index contributed by atoms with van der Waals surface area (Å²) in [4.78, 5) is 4.50. The van der Waals surface area contributed by atoms with Crippen LogP contribution in [0, 0.1) is 6.92 Å². The Labute approximate surface area is 122 Å². The second-order valence-electron chi connectivity index (χ2n) is 4.82. The molecule has 5 nitrogen and oxygen atoms in total. The van der Waals surface area contributed by atoms with Crippen molar-refractivity contribution in [2.24, 2.45) is 0 Å². The third-order valence-corrected chi connectivity index (χ3v) is 3.26. The van der Waals surface area contributed by atoms with E-state index in [1.165, 1.54) is 0 Å². The number of methoxy groups -OCH3 is 2. The van der Waals surface area contributed by atoms with Crippen molar-refractivity contribution in [1.29, 1.82) is 0 Å². The van der Waals surface area contributed by atoms with E-state index in [9.17, 15) is 0 Å². The van der Waals surface area contributed by atoms with E-state index in [4.69, 9.17) is 19.6 Å². The summed E-state index contributed by atoms with van der Waals surface area (Å²) in [6.45, 7) is 1.97. The first-order chi connectivity index (χ1) is 10.1. The molecule has 0 amide bonds. The summed E-state index contributed by atoms with van der Waals surface area (Å²) in [6, 6.07) is 9.29. The van der Waals surface area contributed by atoms with Gasteiger partial charge in [-0.05, 0) is 36.8 Å². The van der Waals surface area contributed by atoms with E-state index in [0.717, 1.165) is 16.6 Å². The Morgan fingerprint density at radius 3 is 2.29 bits per heavy atom. The highest BCUT2D eigenvalue weighted by Gasteiger charge is 2.13. The van der Waals surface area contributed by atoms with Crippen molar-refractivity contribution in [3.8, 4) is 23.0 Å². The standard InChI is InChI=1S/C16H16N2O3/c1-9-4-13(17)15-14(5-9)18-16(21-15)10-6-11(19-2)8-12(7-10)20-3/h4-8H,17H2,1-3H3. The maximum atomic E-state index is 5.98. The van der Waals surface area contributed by atoms with Crippen LogP contribution in [0.5, 0.6) is 11.5 Å². The summed E-state index contributed by atoms with van der Waals surface area (Å²) >= 11 is 0. The van der Waals surface area contributed by atoms with Gasteiger partial charge >= 0.3 is 0 Å². The quantitative estimate of drug-likeness (QED) is 0.746. The van der Waals surface area contributed by atoms with E-state index >= 15 is 0 Å². The van der Waals surface area contributed by atoms with Crippen molar-refractivity contribution in [3.63, 3.8) is 0 Å². The monoisotopic (exact) mass is 284 g/mol. The Hall–Kier alpha value is -2.69. The molecule has 5 heteroatoms. The van der Waals surface area contributed by atoms with Gasteiger partial charge in [0.25, 0.3) is 0 Å². The van der Waals surface area contributed by atoms with E-state index in [-0.39, 0.29) is 0 Å². The molecule has 2 aromatic carbocycles. The molecule has 108 valence electrons. The fourth-order valence-electron chi connectivity index (χ4n) is 2.26. The van der Waals surface area contributed by atoms with Crippen molar-refractivity contribution in [3.05, 3.63) is 35.9 Å². The van der Waals surface area contributed by atoms with Crippen LogP contribution in [0.3, 0.4) is 0 Å². The number of ether oxygens (including phenoxy) is 2. The molecule has 0 spiro atoms. The minimum absolute atomic E-state index is 0.486. The molecule has 0 aliphatic heterocycles. The van der Waals surface area contributed by atoms with Gasteiger partial charge in [-0.2, -0.15) is 0 Å². The first-order valence-electron chi connectivity index (χ1n) is 6.51. The smallest absolute Gasteiger partial charge is 0.227 e. The number of nitrogen functional groups attached to an aromatic ring is 1. The summed E-state index contributed by atoms with van der Waals surface area (Å²) in [5.74, 6) is 1.84. The van der Waals surface area contributed by atoms with E-state index in [1.807, 2.05) is 31.2 Å². The Morgan fingerprint density at radius 1 is 1.00 bits per heavy atom. The summed E-state index contributed by atoms with van der Waals surface area (Å²) in [6.07, 6.45) is 0. The van der Waals surface area contributed by atoms with Crippen LogP contribution in [-0.4, -0.2) is 19.2 Å². The summed E-state index contributed by atoms with van der Waals surface area (Å²) in [5.41, 5.74) is 9.72. The van der Waals surface area contributed by atoms with Gasteiger partial charge in [-0.3, -0.25) is 0 Å². The number of nitrogens with two attached hydrogens (primary N) is 1. The van der Waals surface area contributed by atoms with Gasteiger partial charge in [-0.15, -0.1) is 0 Å². The van der Waals surface area contributed by atoms with Gasteiger partial charge in [-0.25, -0.2) is 4.98 Å². The molecule has 21 heavy (non-hydrogen) atoms. The molecule has 0 radical (unpaired) electrons. The molecular formula is C16H16N2O3. The number of anilines is 1. The molecule has 2 N–H and O–H groups in total. The summed E-state index contributed by atoms with van der Waals surface area (Å²) < 4.78 is 16.3. The number of aromatic nitrogens is 1. The zero-order valence-electron chi connectivity index (χ0n) is 12.1. The average molecular weight is 284 g/mol. The van der Waals surface area contributed by atoms with E-state index < -0.39 is 0 Å². The molecule has 0 unspecified atom stereocenters. The lowest BCUT2D eigenvalue weighted by Crippen LogP contribution is -1.88. The van der Waals surface area contributed by atoms with Crippen LogP contribution < -0.4 is 15.2 Å². The van der Waals surface area contributed by atoms with Crippen molar-refractivity contribution in [1.82, 2.24) is 4.98 Å². The van der Waals surface area contributed by atoms with Gasteiger partial charge in [0.15, 0.2) is 5.58 Å². The Kier molecular flexibility index (Phi) is 3.17. The first-order valence-corrected chi connectivity index (χ1v) is 6.51. The number of benzene rings is 2. The van der Waals surface area contributed by atoms with Crippen LogP contribution in [0.25, 0.3) is 22.6 Å². The fourth-order valence-corrected chi connectivity index (χ4v) is 2.26. The molecule has 0 saturated heterocycles. The largest absolute Gasteiger partial charge is 0.497 e. The van der Waals surface area contributed by atoms with Gasteiger partial charge in [-0.1, -0.05) is 0 Å². The zero-order chi connectivity index (χ0) is 15.0. The molecule has 0 saturated carbocycles. The number of fused-ring (bicyclic) bond motifs is 1. The molecule has 0 atom stereocenters. The van der Waals surface area contributed by atoms with E-state index in [2.05, 4.69) is 4.98 Å². The van der Waals surface area contributed by atoms with E-state index in [0.29, 0.717) is 28.7 Å². The number of nitrogens with zero attached hydrogens (tertiary/aromatic N) is 1. The SMILES string of the molecule is COc1cc(OC)cc(-c2nc3cc(C)cc(N)c3o2)c1. The minimum atomic E-state index is 0.486. The second-order valence-corrected chi connectivity index (χ2v) is 4.82. The fraction of sp³-hybridized carbons (Fsp3) is 0.188. The Morgan fingerprint density at radius 2 is 1.67 bits per heavy atom. The molecular weight excluding hydrogens is 268 g/mol. The topological polar surface area (TPSA) is 70.5 Å². The molecule has 1 heterocycles. The van der Waals surface area contributed by atoms with Crippen LogP contribution in [0.1, 0.15) is 5.56 Å². The van der Waals surface area contributed by atoms with Gasteiger partial charge in [0.05, 0.1) is 19.9 Å². The Balaban J connectivity index is 2.18. The van der Waals surface area contributed by atoms with Crippen molar-refractivity contribution in [2.45, 2.75) is 6.92 Å². The number of aryl methyl sites for hydroxylation is 1. The van der Waals surface area contributed by atoms with Crippen LogP contribution in [0.4, 0.5) is 5.69 Å². The highest BCUT2D eigenvalue weighted by Crippen LogP contribution is 2.33. The molecule has 0 aliphatic rings. The molecule has 0 fully saturated rings. The van der Waals surface area contributed by atoms with Gasteiger partial charge in [0.1, 0.15) is 17.0 Å². The Bertz CT molecular complexity index is 786. The highest BCUT2D eigenvalue weighted by molar-refractivity contribution is 5.87. The van der Waals surface area contributed by atoms with Gasteiger partial charge < -0.3 is 19.6 Å². The zero-order valence-corrected chi connectivity index (χ0v) is 12.1. The molecule has 0 aliphatic carbocycles. The number of oxazole rings is 1. The van der Waals surface area contributed by atoms with Gasteiger partial charge in [0.2, 0.25) is 5.89 Å². The molecule has 0 bridgehead atoms. The third kappa shape index (κ3) is 2.38. The third-order valence-electron chi connectivity index (χ3n) is 3.26. The maximum Gasteiger partial charge on any atom is 0.227 e. The van der Waals surface area contributed by atoms with E-state index in [1.54, 1.807) is 20.3 Å². The molecule has 3 aromatic rings. The van der Waals surface area contributed by atoms with Crippen LogP contribution in [0.2, 0.25) is 0 Å². The molecule has 3 rings (SSSR count). The van der Waals surface area contributed by atoms with Crippen molar-refractivity contribution in [2.75, 3.05) is 20.0 Å². The van der Waals surface area contributed by atoms with Crippen LogP contribution in [0.15, 0.2) is 34.7 Å². The molecule has 1 aromatic heterocycles. The predicted molar refractivity (Wildman–Crippen MR) is 81.7 cm³/mol. The van der Waals surface area contributed by atoms with Crippen LogP contribution in [-0.2, 0) is 0 Å². The van der Waals surface area contributed by atoms with Crippen molar-refractivity contribution >= 4 is 16.8 Å². The lowest BCUT2D eigenvalue weighted by molar-refractivity contribution is 0.394.